The standard InChI is InChI=1S/C9H7N3.C8H18N2O/c1-2-5-10-9(3-1)8-4-6-11-12-7-8;9-4-1-5-10-6-2-8(11)3-7-10/h1-7H;8,11H,1-7,9H2. The van der Waals surface area contributed by atoms with E-state index in [1.807, 2.05) is 24.3 Å². The molecular formula is C17H25N5O. The fourth-order valence-electron chi connectivity index (χ4n) is 2.43. The number of nitrogens with two attached hydrogens (primary N) is 1. The Morgan fingerprint density at radius 2 is 1.96 bits per heavy atom. The summed E-state index contributed by atoms with van der Waals surface area (Å²) < 4.78 is 0. The molecule has 0 atom stereocenters. The van der Waals surface area contributed by atoms with Gasteiger partial charge in [-0.1, -0.05) is 6.07 Å². The van der Waals surface area contributed by atoms with Crippen LogP contribution in [0.15, 0.2) is 42.9 Å². The Labute approximate surface area is 137 Å². The van der Waals surface area contributed by atoms with E-state index in [4.69, 9.17) is 5.73 Å². The summed E-state index contributed by atoms with van der Waals surface area (Å²) in [5.74, 6) is 0. The second-order valence-corrected chi connectivity index (χ2v) is 5.56. The predicted molar refractivity (Wildman–Crippen MR) is 90.6 cm³/mol. The quantitative estimate of drug-likeness (QED) is 0.885. The van der Waals surface area contributed by atoms with Crippen LogP contribution >= 0.6 is 0 Å². The first-order chi connectivity index (χ1) is 11.3. The third-order valence-electron chi connectivity index (χ3n) is 3.78. The van der Waals surface area contributed by atoms with Gasteiger partial charge in [0.15, 0.2) is 0 Å². The number of likely N-dealkylation sites (tertiary alicyclic amines) is 1. The van der Waals surface area contributed by atoms with E-state index >= 15 is 0 Å². The average Bonchev–Trinajstić information content (AvgIpc) is 2.63. The fraction of sp³-hybridized carbons (Fsp3) is 0.471. The highest BCUT2D eigenvalue weighted by molar-refractivity contribution is 5.56. The summed E-state index contributed by atoms with van der Waals surface area (Å²) in [6.45, 7) is 3.96. The molecular weight excluding hydrogens is 290 g/mol. The van der Waals surface area contributed by atoms with Crippen LogP contribution in [0.4, 0.5) is 0 Å². The SMILES string of the molecule is NCCCN1CCC(O)CC1.c1ccc(-c2ccnnc2)nc1. The topological polar surface area (TPSA) is 88.2 Å². The van der Waals surface area contributed by atoms with Gasteiger partial charge in [0.25, 0.3) is 0 Å². The molecule has 124 valence electrons. The Balaban J connectivity index is 0.000000168. The van der Waals surface area contributed by atoms with Crippen LogP contribution in [-0.4, -0.2) is 57.5 Å². The van der Waals surface area contributed by atoms with E-state index in [9.17, 15) is 5.11 Å². The lowest BCUT2D eigenvalue weighted by Gasteiger charge is -2.29. The molecule has 0 aromatic carbocycles. The van der Waals surface area contributed by atoms with Crippen molar-refractivity contribution in [3.8, 4) is 11.3 Å². The zero-order chi connectivity index (χ0) is 16.3. The molecule has 0 radical (unpaired) electrons. The van der Waals surface area contributed by atoms with Crippen molar-refractivity contribution in [2.24, 2.45) is 5.73 Å². The molecule has 3 heterocycles. The van der Waals surface area contributed by atoms with Gasteiger partial charge in [-0.25, -0.2) is 0 Å². The first kappa shape index (κ1) is 17.5. The number of aromatic nitrogens is 3. The van der Waals surface area contributed by atoms with Crippen molar-refractivity contribution in [3.05, 3.63) is 42.9 Å². The molecule has 3 rings (SSSR count). The van der Waals surface area contributed by atoms with E-state index in [2.05, 4.69) is 20.1 Å². The van der Waals surface area contributed by atoms with Gasteiger partial charge >= 0.3 is 0 Å². The van der Waals surface area contributed by atoms with Crippen molar-refractivity contribution in [2.75, 3.05) is 26.2 Å². The van der Waals surface area contributed by atoms with Crippen LogP contribution in [0.2, 0.25) is 0 Å². The Hall–Kier alpha value is -1.89. The Bertz CT molecular complexity index is 489. The molecule has 2 aromatic rings. The largest absolute Gasteiger partial charge is 0.393 e. The summed E-state index contributed by atoms with van der Waals surface area (Å²) in [5.41, 5.74) is 7.31. The molecule has 1 aliphatic heterocycles. The smallest absolute Gasteiger partial charge is 0.0718 e. The molecule has 0 unspecified atom stereocenters. The molecule has 1 saturated heterocycles. The van der Waals surface area contributed by atoms with Gasteiger partial charge in [0.05, 0.1) is 24.2 Å². The van der Waals surface area contributed by atoms with Crippen LogP contribution in [-0.2, 0) is 0 Å². The molecule has 1 aliphatic rings. The number of hydrogen-bond donors (Lipinski definition) is 2. The lowest BCUT2D eigenvalue weighted by molar-refractivity contribution is 0.0824. The summed E-state index contributed by atoms with van der Waals surface area (Å²) in [4.78, 5) is 6.56. The fourth-order valence-corrected chi connectivity index (χ4v) is 2.43. The average molecular weight is 315 g/mol. The summed E-state index contributed by atoms with van der Waals surface area (Å²) in [6, 6.07) is 7.66. The molecule has 1 fully saturated rings. The van der Waals surface area contributed by atoms with E-state index in [1.54, 1.807) is 18.6 Å². The number of aliphatic hydroxyl groups is 1. The van der Waals surface area contributed by atoms with Gasteiger partial charge < -0.3 is 15.7 Å². The maximum absolute atomic E-state index is 9.20. The van der Waals surface area contributed by atoms with E-state index in [0.717, 1.165) is 56.7 Å². The van der Waals surface area contributed by atoms with Crippen LogP contribution in [0.3, 0.4) is 0 Å². The van der Waals surface area contributed by atoms with Crippen molar-refractivity contribution < 1.29 is 5.11 Å². The third-order valence-corrected chi connectivity index (χ3v) is 3.78. The monoisotopic (exact) mass is 315 g/mol. The highest BCUT2D eigenvalue weighted by atomic mass is 16.3. The van der Waals surface area contributed by atoms with E-state index < -0.39 is 0 Å². The number of aliphatic hydroxyl groups excluding tert-OH is 1. The number of rotatable bonds is 4. The summed E-state index contributed by atoms with van der Waals surface area (Å²) in [7, 11) is 0. The molecule has 2 aromatic heterocycles. The summed E-state index contributed by atoms with van der Waals surface area (Å²) in [5, 5.41) is 16.7. The minimum absolute atomic E-state index is 0.0517. The predicted octanol–water partition coefficient (Wildman–Crippen LogP) is 1.33. The molecule has 0 aliphatic carbocycles. The molecule has 0 saturated carbocycles. The zero-order valence-corrected chi connectivity index (χ0v) is 13.4. The van der Waals surface area contributed by atoms with Crippen LogP contribution in [0.5, 0.6) is 0 Å². The van der Waals surface area contributed by atoms with Crippen LogP contribution in [0, 0.1) is 0 Å². The molecule has 23 heavy (non-hydrogen) atoms. The second-order valence-electron chi connectivity index (χ2n) is 5.56. The normalized spacial score (nSPS) is 15.7. The van der Waals surface area contributed by atoms with Crippen molar-refractivity contribution in [1.82, 2.24) is 20.1 Å². The van der Waals surface area contributed by atoms with Crippen LogP contribution in [0.25, 0.3) is 11.3 Å². The second kappa shape index (κ2) is 9.99. The van der Waals surface area contributed by atoms with Gasteiger partial charge in [-0.15, -0.1) is 0 Å². The van der Waals surface area contributed by atoms with Gasteiger partial charge in [0.2, 0.25) is 0 Å². The molecule has 6 nitrogen and oxygen atoms in total. The lowest BCUT2D eigenvalue weighted by atomic mass is 10.1. The van der Waals surface area contributed by atoms with Gasteiger partial charge in [-0.2, -0.15) is 10.2 Å². The van der Waals surface area contributed by atoms with E-state index in [0.29, 0.717) is 0 Å². The Morgan fingerprint density at radius 1 is 1.13 bits per heavy atom. The summed E-state index contributed by atoms with van der Waals surface area (Å²) in [6.07, 6.45) is 8.01. The first-order valence-corrected chi connectivity index (χ1v) is 8.08. The van der Waals surface area contributed by atoms with Crippen LogP contribution < -0.4 is 5.73 Å². The maximum atomic E-state index is 9.20. The van der Waals surface area contributed by atoms with Crippen molar-refractivity contribution in [1.29, 1.82) is 0 Å². The number of piperidine rings is 1. The molecule has 6 heteroatoms. The molecule has 0 bridgehead atoms. The Kier molecular flexibility index (Phi) is 7.59. The summed E-state index contributed by atoms with van der Waals surface area (Å²) >= 11 is 0. The highest BCUT2D eigenvalue weighted by Crippen LogP contribution is 2.12. The van der Waals surface area contributed by atoms with Gasteiger partial charge in [-0.05, 0) is 50.6 Å². The third kappa shape index (κ3) is 6.40. The molecule has 3 N–H and O–H groups in total. The Morgan fingerprint density at radius 3 is 2.57 bits per heavy atom. The number of hydrogen-bond acceptors (Lipinski definition) is 6. The minimum atomic E-state index is -0.0517. The highest BCUT2D eigenvalue weighted by Gasteiger charge is 2.15. The molecule has 0 spiro atoms. The van der Waals surface area contributed by atoms with Gasteiger partial charge in [0.1, 0.15) is 0 Å². The first-order valence-electron chi connectivity index (χ1n) is 8.08. The zero-order valence-electron chi connectivity index (χ0n) is 13.4. The van der Waals surface area contributed by atoms with Gasteiger partial charge in [-0.3, -0.25) is 4.98 Å². The minimum Gasteiger partial charge on any atom is -0.393 e. The van der Waals surface area contributed by atoms with E-state index in [-0.39, 0.29) is 6.10 Å². The van der Waals surface area contributed by atoms with Gasteiger partial charge in [0, 0.05) is 24.8 Å². The van der Waals surface area contributed by atoms with Crippen molar-refractivity contribution >= 4 is 0 Å². The van der Waals surface area contributed by atoms with Crippen molar-refractivity contribution in [3.63, 3.8) is 0 Å². The number of nitrogens with zero attached hydrogens (tertiary/aromatic N) is 4. The van der Waals surface area contributed by atoms with Crippen molar-refractivity contribution in [2.45, 2.75) is 25.4 Å². The lowest BCUT2D eigenvalue weighted by Crippen LogP contribution is -2.36. The van der Waals surface area contributed by atoms with E-state index in [1.165, 1.54) is 0 Å². The maximum Gasteiger partial charge on any atom is 0.0718 e. The van der Waals surface area contributed by atoms with Crippen LogP contribution in [0.1, 0.15) is 19.3 Å². The number of pyridine rings is 1. The molecule has 0 amide bonds.